The van der Waals surface area contributed by atoms with Crippen LogP contribution in [0.4, 0.5) is 0 Å². The highest BCUT2D eigenvalue weighted by Gasteiger charge is 2.00. The molecule has 0 N–H and O–H groups in total. The Bertz CT molecular complexity index is 672. The van der Waals surface area contributed by atoms with Crippen LogP contribution in [0.5, 0.6) is 0 Å². The summed E-state index contributed by atoms with van der Waals surface area (Å²) >= 11 is 0. The first kappa shape index (κ1) is 11.0. The highest BCUT2D eigenvalue weighted by molar-refractivity contribution is 5.79. The van der Waals surface area contributed by atoms with Gasteiger partial charge in [-0.3, -0.25) is 4.98 Å². The highest BCUT2D eigenvalue weighted by atomic mass is 14.6. The molecule has 0 saturated heterocycles. The molecule has 3 rings (SSSR count). The van der Waals surface area contributed by atoms with Gasteiger partial charge in [0.1, 0.15) is 0 Å². The summed E-state index contributed by atoms with van der Waals surface area (Å²) in [5, 5.41) is 1.23. The summed E-state index contributed by atoms with van der Waals surface area (Å²) in [5.41, 5.74) is 4.93. The van der Waals surface area contributed by atoms with Crippen LogP contribution >= 0.6 is 0 Å². The molecular formula is C17H15N. The molecule has 0 fully saturated rings. The monoisotopic (exact) mass is 233 g/mol. The summed E-state index contributed by atoms with van der Waals surface area (Å²) in [7, 11) is 0. The highest BCUT2D eigenvalue weighted by Crippen LogP contribution is 2.17. The first-order chi connectivity index (χ1) is 8.81. The van der Waals surface area contributed by atoms with Gasteiger partial charge in [-0.1, -0.05) is 42.0 Å². The first-order valence-corrected chi connectivity index (χ1v) is 6.20. The van der Waals surface area contributed by atoms with E-state index in [4.69, 9.17) is 0 Å². The third-order valence-corrected chi connectivity index (χ3v) is 3.14. The van der Waals surface area contributed by atoms with Crippen molar-refractivity contribution in [3.8, 4) is 0 Å². The molecule has 0 amide bonds. The van der Waals surface area contributed by atoms with Crippen molar-refractivity contribution in [2.24, 2.45) is 0 Å². The van der Waals surface area contributed by atoms with Crippen LogP contribution in [-0.2, 0) is 6.42 Å². The SMILES string of the molecule is Cc1ccc2ncc(Cc3ccccc3)cc2c1. The topological polar surface area (TPSA) is 12.9 Å². The molecule has 0 radical (unpaired) electrons. The Labute approximate surface area is 107 Å². The smallest absolute Gasteiger partial charge is 0.0702 e. The van der Waals surface area contributed by atoms with Gasteiger partial charge in [0, 0.05) is 11.6 Å². The molecule has 1 heteroatoms. The lowest BCUT2D eigenvalue weighted by Crippen LogP contribution is -1.90. The molecular weight excluding hydrogens is 218 g/mol. The maximum atomic E-state index is 4.52. The van der Waals surface area contributed by atoms with Crippen LogP contribution in [0, 0.1) is 6.92 Å². The Morgan fingerprint density at radius 2 is 1.72 bits per heavy atom. The van der Waals surface area contributed by atoms with Crippen molar-refractivity contribution in [1.82, 2.24) is 4.98 Å². The van der Waals surface area contributed by atoms with E-state index < -0.39 is 0 Å². The Morgan fingerprint density at radius 1 is 0.889 bits per heavy atom. The van der Waals surface area contributed by atoms with Crippen molar-refractivity contribution in [2.45, 2.75) is 13.3 Å². The van der Waals surface area contributed by atoms with Gasteiger partial charge in [0.2, 0.25) is 0 Å². The van der Waals surface area contributed by atoms with Crippen LogP contribution in [0.3, 0.4) is 0 Å². The van der Waals surface area contributed by atoms with Crippen LogP contribution in [0.25, 0.3) is 10.9 Å². The first-order valence-electron chi connectivity index (χ1n) is 6.20. The van der Waals surface area contributed by atoms with E-state index in [-0.39, 0.29) is 0 Å². The van der Waals surface area contributed by atoms with Crippen LogP contribution in [0.15, 0.2) is 60.8 Å². The summed E-state index contributed by atoms with van der Waals surface area (Å²) in [6.07, 6.45) is 2.92. The fourth-order valence-corrected chi connectivity index (χ4v) is 2.22. The molecule has 18 heavy (non-hydrogen) atoms. The fraction of sp³-hybridized carbons (Fsp3) is 0.118. The van der Waals surface area contributed by atoms with Crippen molar-refractivity contribution < 1.29 is 0 Å². The van der Waals surface area contributed by atoms with E-state index in [0.29, 0.717) is 0 Å². The van der Waals surface area contributed by atoms with E-state index in [1.165, 1.54) is 22.1 Å². The van der Waals surface area contributed by atoms with Crippen LogP contribution in [0.1, 0.15) is 16.7 Å². The maximum Gasteiger partial charge on any atom is 0.0702 e. The molecule has 1 aromatic heterocycles. The number of aryl methyl sites for hydroxylation is 1. The van der Waals surface area contributed by atoms with Crippen molar-refractivity contribution in [3.63, 3.8) is 0 Å². The molecule has 3 aromatic rings. The lowest BCUT2D eigenvalue weighted by molar-refractivity contribution is 1.17. The van der Waals surface area contributed by atoms with Gasteiger partial charge in [-0.25, -0.2) is 0 Å². The van der Waals surface area contributed by atoms with E-state index >= 15 is 0 Å². The number of nitrogens with zero attached hydrogens (tertiary/aromatic N) is 1. The second-order valence-electron chi connectivity index (χ2n) is 4.70. The van der Waals surface area contributed by atoms with Gasteiger partial charge in [-0.2, -0.15) is 0 Å². The summed E-state index contributed by atoms with van der Waals surface area (Å²) in [5.74, 6) is 0. The number of rotatable bonds is 2. The molecule has 0 bridgehead atoms. The van der Waals surface area contributed by atoms with E-state index in [9.17, 15) is 0 Å². The van der Waals surface area contributed by atoms with Gasteiger partial charge < -0.3 is 0 Å². The Balaban J connectivity index is 1.98. The molecule has 0 atom stereocenters. The predicted molar refractivity (Wildman–Crippen MR) is 75.7 cm³/mol. The molecule has 0 unspecified atom stereocenters. The molecule has 2 aromatic carbocycles. The van der Waals surface area contributed by atoms with E-state index in [0.717, 1.165) is 11.9 Å². The maximum absolute atomic E-state index is 4.52. The van der Waals surface area contributed by atoms with Crippen molar-refractivity contribution >= 4 is 10.9 Å². The Kier molecular flexibility index (Phi) is 2.81. The third-order valence-electron chi connectivity index (χ3n) is 3.14. The zero-order valence-electron chi connectivity index (χ0n) is 10.4. The minimum Gasteiger partial charge on any atom is -0.256 e. The van der Waals surface area contributed by atoms with E-state index in [2.05, 4.69) is 60.4 Å². The summed E-state index contributed by atoms with van der Waals surface area (Å²) in [4.78, 5) is 4.52. The zero-order chi connectivity index (χ0) is 12.4. The predicted octanol–water partition coefficient (Wildman–Crippen LogP) is 4.13. The van der Waals surface area contributed by atoms with Gasteiger partial charge in [0.05, 0.1) is 5.52 Å². The van der Waals surface area contributed by atoms with Gasteiger partial charge in [-0.05, 0) is 42.7 Å². The second kappa shape index (κ2) is 4.61. The second-order valence-corrected chi connectivity index (χ2v) is 4.70. The molecule has 1 heterocycles. The molecule has 1 nitrogen and oxygen atoms in total. The minimum absolute atomic E-state index is 0.942. The van der Waals surface area contributed by atoms with Crippen LogP contribution in [-0.4, -0.2) is 4.98 Å². The van der Waals surface area contributed by atoms with Crippen molar-refractivity contribution in [3.05, 3.63) is 77.5 Å². The fourth-order valence-electron chi connectivity index (χ4n) is 2.22. The number of hydrogen-bond donors (Lipinski definition) is 0. The standard InChI is InChI=1S/C17H15N/c1-13-7-8-17-16(9-13)11-15(12-18-17)10-14-5-3-2-4-6-14/h2-9,11-12H,10H2,1H3. The van der Waals surface area contributed by atoms with E-state index in [1.54, 1.807) is 0 Å². The van der Waals surface area contributed by atoms with Gasteiger partial charge in [0.15, 0.2) is 0 Å². The third kappa shape index (κ3) is 2.25. The number of pyridine rings is 1. The minimum atomic E-state index is 0.942. The Morgan fingerprint density at radius 3 is 2.56 bits per heavy atom. The van der Waals surface area contributed by atoms with Gasteiger partial charge in [0.25, 0.3) is 0 Å². The van der Waals surface area contributed by atoms with Crippen molar-refractivity contribution in [1.29, 1.82) is 0 Å². The zero-order valence-corrected chi connectivity index (χ0v) is 10.4. The number of hydrogen-bond acceptors (Lipinski definition) is 1. The van der Waals surface area contributed by atoms with Crippen molar-refractivity contribution in [2.75, 3.05) is 0 Å². The Hall–Kier alpha value is -2.15. The molecule has 0 spiro atoms. The lowest BCUT2D eigenvalue weighted by Gasteiger charge is -2.04. The number of aromatic nitrogens is 1. The lowest BCUT2D eigenvalue weighted by atomic mass is 10.0. The summed E-state index contributed by atoms with van der Waals surface area (Å²) < 4.78 is 0. The summed E-state index contributed by atoms with van der Waals surface area (Å²) in [6, 6.07) is 19.1. The number of benzene rings is 2. The average Bonchev–Trinajstić information content (AvgIpc) is 2.39. The van der Waals surface area contributed by atoms with E-state index in [1.807, 2.05) is 12.3 Å². The molecule has 0 aliphatic carbocycles. The molecule has 88 valence electrons. The van der Waals surface area contributed by atoms with Crippen LogP contribution in [0.2, 0.25) is 0 Å². The molecule has 0 aliphatic heterocycles. The molecule has 0 saturated carbocycles. The largest absolute Gasteiger partial charge is 0.256 e. The molecule has 0 aliphatic rings. The normalized spacial score (nSPS) is 10.7. The van der Waals surface area contributed by atoms with Gasteiger partial charge >= 0.3 is 0 Å². The summed E-state index contributed by atoms with van der Waals surface area (Å²) in [6.45, 7) is 2.11. The van der Waals surface area contributed by atoms with Crippen LogP contribution < -0.4 is 0 Å². The van der Waals surface area contributed by atoms with Gasteiger partial charge in [-0.15, -0.1) is 0 Å². The quantitative estimate of drug-likeness (QED) is 0.648. The average molecular weight is 233 g/mol. The number of fused-ring (bicyclic) bond motifs is 1.